The van der Waals surface area contributed by atoms with E-state index in [1.807, 2.05) is 0 Å². The van der Waals surface area contributed by atoms with Gasteiger partial charge in [-0.05, 0) is 54.6 Å². The third kappa shape index (κ3) is 4.47. The predicted octanol–water partition coefficient (Wildman–Crippen LogP) is 4.71. The van der Waals surface area contributed by atoms with Crippen molar-refractivity contribution in [3.63, 3.8) is 0 Å². The number of rotatable bonds is 7. The van der Waals surface area contributed by atoms with Gasteiger partial charge < -0.3 is 28.7 Å². The van der Waals surface area contributed by atoms with Gasteiger partial charge in [-0.2, -0.15) is 4.98 Å². The summed E-state index contributed by atoms with van der Waals surface area (Å²) in [6.07, 6.45) is 0. The lowest BCUT2D eigenvalue weighted by molar-refractivity contribution is 0.171. The number of sulfone groups is 1. The largest absolute Gasteiger partial charge is 0.497 e. The van der Waals surface area contributed by atoms with E-state index in [-0.39, 0.29) is 21.7 Å². The van der Waals surface area contributed by atoms with Crippen LogP contribution >= 0.6 is 0 Å². The molecule has 9 nitrogen and oxygen atoms in total. The van der Waals surface area contributed by atoms with Crippen molar-refractivity contribution in [2.75, 3.05) is 32.8 Å². The molecule has 0 atom stereocenters. The number of hydrogen-bond acceptors (Lipinski definition) is 9. The molecule has 0 fully saturated rings. The fourth-order valence-corrected chi connectivity index (χ4v) is 4.83. The fourth-order valence-electron chi connectivity index (χ4n) is 3.55. The van der Waals surface area contributed by atoms with E-state index in [9.17, 15) is 8.42 Å². The van der Waals surface area contributed by atoms with Gasteiger partial charge in [-0.25, -0.2) is 8.42 Å². The van der Waals surface area contributed by atoms with Gasteiger partial charge in [0.2, 0.25) is 26.6 Å². The number of fused-ring (bicyclic) bond motifs is 1. The average Bonchev–Trinajstić information content (AvgIpc) is 3.33. The number of methoxy groups -OCH3 is 2. The summed E-state index contributed by atoms with van der Waals surface area (Å²) < 4.78 is 54.9. The van der Waals surface area contributed by atoms with Crippen LogP contribution in [0.15, 0.2) is 81.1 Å². The summed E-state index contributed by atoms with van der Waals surface area (Å²) in [5.74, 6) is 2.19. The predicted molar refractivity (Wildman–Crippen MR) is 128 cm³/mol. The molecule has 0 radical (unpaired) electrons. The van der Waals surface area contributed by atoms with E-state index in [1.165, 1.54) is 12.1 Å². The van der Waals surface area contributed by atoms with Crippen LogP contribution in [0.2, 0.25) is 0 Å². The van der Waals surface area contributed by atoms with Gasteiger partial charge in [0.1, 0.15) is 24.7 Å². The standard InChI is InChI=1S/C25H22N2O7S/c1-30-18-8-6-17(7-9-18)26-24-25(27-23(34-24)16-4-3-5-19(14-16)31-2)35(28,29)20-10-11-21-22(15-20)33-13-12-32-21/h3-11,14-15,26H,12-13H2,1-2H3. The molecule has 180 valence electrons. The highest BCUT2D eigenvalue weighted by molar-refractivity contribution is 7.91. The Morgan fingerprint density at radius 3 is 2.34 bits per heavy atom. The highest BCUT2D eigenvalue weighted by atomic mass is 32.2. The maximum Gasteiger partial charge on any atom is 0.238 e. The molecule has 1 aliphatic rings. The summed E-state index contributed by atoms with van der Waals surface area (Å²) >= 11 is 0. The molecule has 0 aliphatic carbocycles. The quantitative estimate of drug-likeness (QED) is 0.391. The second-order valence-corrected chi connectivity index (χ2v) is 9.41. The smallest absolute Gasteiger partial charge is 0.238 e. The molecule has 1 N–H and O–H groups in total. The van der Waals surface area contributed by atoms with Gasteiger partial charge in [0.25, 0.3) is 0 Å². The number of oxazole rings is 1. The zero-order valence-corrected chi connectivity index (χ0v) is 19.8. The molecule has 0 saturated heterocycles. The van der Waals surface area contributed by atoms with Crippen molar-refractivity contribution in [1.29, 1.82) is 0 Å². The van der Waals surface area contributed by atoms with Crippen LogP contribution in [0.25, 0.3) is 11.5 Å². The lowest BCUT2D eigenvalue weighted by Gasteiger charge is -2.18. The molecule has 35 heavy (non-hydrogen) atoms. The van der Waals surface area contributed by atoms with Gasteiger partial charge in [-0.3, -0.25) is 0 Å². The van der Waals surface area contributed by atoms with E-state index in [2.05, 4.69) is 10.3 Å². The minimum absolute atomic E-state index is 0.00465. The fraction of sp³-hybridized carbons (Fsp3) is 0.160. The monoisotopic (exact) mass is 494 g/mol. The maximum atomic E-state index is 13.7. The van der Waals surface area contributed by atoms with E-state index in [0.29, 0.717) is 47.5 Å². The highest BCUT2D eigenvalue weighted by Crippen LogP contribution is 2.38. The molecule has 0 bridgehead atoms. The van der Waals surface area contributed by atoms with E-state index < -0.39 is 9.84 Å². The van der Waals surface area contributed by atoms with Crippen molar-refractivity contribution in [3.8, 4) is 34.5 Å². The topological polar surface area (TPSA) is 109 Å². The van der Waals surface area contributed by atoms with Crippen molar-refractivity contribution in [2.24, 2.45) is 0 Å². The minimum Gasteiger partial charge on any atom is -0.497 e. The van der Waals surface area contributed by atoms with Gasteiger partial charge in [0.05, 0.1) is 19.1 Å². The van der Waals surface area contributed by atoms with Crippen LogP contribution in [-0.4, -0.2) is 40.8 Å². The first-order chi connectivity index (χ1) is 17.0. The maximum absolute atomic E-state index is 13.7. The van der Waals surface area contributed by atoms with E-state index in [4.69, 9.17) is 23.4 Å². The van der Waals surface area contributed by atoms with Crippen LogP contribution < -0.4 is 24.3 Å². The molecule has 5 rings (SSSR count). The molecular weight excluding hydrogens is 472 g/mol. The van der Waals surface area contributed by atoms with E-state index in [1.54, 1.807) is 68.8 Å². The molecule has 2 heterocycles. The summed E-state index contributed by atoms with van der Waals surface area (Å²) in [7, 11) is -0.986. The second-order valence-electron chi connectivity index (χ2n) is 7.55. The van der Waals surface area contributed by atoms with Crippen molar-refractivity contribution in [2.45, 2.75) is 9.92 Å². The highest BCUT2D eigenvalue weighted by Gasteiger charge is 2.30. The van der Waals surface area contributed by atoms with Gasteiger partial charge in [-0.15, -0.1) is 0 Å². The number of nitrogens with zero attached hydrogens (tertiary/aromatic N) is 1. The molecule has 4 aromatic rings. The SMILES string of the molecule is COc1ccc(Nc2oc(-c3cccc(OC)c3)nc2S(=O)(=O)c2ccc3c(c2)OCCO3)cc1. The molecule has 3 aromatic carbocycles. The van der Waals surface area contributed by atoms with Gasteiger partial charge in [-0.1, -0.05) is 6.07 Å². The molecule has 0 saturated carbocycles. The van der Waals surface area contributed by atoms with Crippen molar-refractivity contribution in [3.05, 3.63) is 66.7 Å². The lowest BCUT2D eigenvalue weighted by Crippen LogP contribution is -2.16. The summed E-state index contributed by atoms with van der Waals surface area (Å²) in [5, 5.41) is 2.77. The Bertz CT molecular complexity index is 1460. The summed E-state index contributed by atoms with van der Waals surface area (Å²) in [6.45, 7) is 0.743. The Labute approximate surface area is 202 Å². The minimum atomic E-state index is -4.10. The van der Waals surface area contributed by atoms with Crippen molar-refractivity contribution < 1.29 is 31.8 Å². The van der Waals surface area contributed by atoms with Crippen LogP contribution in [0.3, 0.4) is 0 Å². The van der Waals surface area contributed by atoms with Gasteiger partial charge in [0.15, 0.2) is 11.5 Å². The van der Waals surface area contributed by atoms with Crippen LogP contribution in [-0.2, 0) is 9.84 Å². The first kappa shape index (κ1) is 22.6. The zero-order valence-electron chi connectivity index (χ0n) is 19.0. The zero-order chi connectivity index (χ0) is 24.4. The Kier molecular flexibility index (Phi) is 5.96. The number of anilines is 2. The third-order valence-electron chi connectivity index (χ3n) is 5.34. The number of benzene rings is 3. The Hall–Kier alpha value is -4.18. The van der Waals surface area contributed by atoms with Gasteiger partial charge in [0, 0.05) is 17.3 Å². The third-order valence-corrected chi connectivity index (χ3v) is 7.00. The molecular formula is C25H22N2O7S. The molecule has 1 aliphatic heterocycles. The van der Waals surface area contributed by atoms with Gasteiger partial charge >= 0.3 is 0 Å². The summed E-state index contributed by atoms with van der Waals surface area (Å²) in [6, 6.07) is 18.4. The Morgan fingerprint density at radius 1 is 0.857 bits per heavy atom. The first-order valence-electron chi connectivity index (χ1n) is 10.7. The normalized spacial score (nSPS) is 12.7. The summed E-state index contributed by atoms with van der Waals surface area (Å²) in [4.78, 5) is 4.38. The van der Waals surface area contributed by atoms with Crippen LogP contribution in [0.5, 0.6) is 23.0 Å². The lowest BCUT2D eigenvalue weighted by atomic mass is 10.2. The number of aromatic nitrogens is 1. The molecule has 0 spiro atoms. The molecule has 1 aromatic heterocycles. The van der Waals surface area contributed by atoms with Crippen LogP contribution in [0.1, 0.15) is 0 Å². The summed E-state index contributed by atoms with van der Waals surface area (Å²) in [5.41, 5.74) is 1.16. The molecule has 0 unspecified atom stereocenters. The molecule has 0 amide bonds. The number of nitrogens with one attached hydrogen (secondary N) is 1. The molecule has 10 heteroatoms. The Morgan fingerprint density at radius 2 is 1.60 bits per heavy atom. The number of ether oxygens (including phenoxy) is 4. The van der Waals surface area contributed by atoms with Crippen molar-refractivity contribution >= 4 is 21.4 Å². The van der Waals surface area contributed by atoms with Crippen LogP contribution in [0.4, 0.5) is 11.6 Å². The second kappa shape index (κ2) is 9.22. The average molecular weight is 495 g/mol. The van der Waals surface area contributed by atoms with Crippen LogP contribution in [0, 0.1) is 0 Å². The van der Waals surface area contributed by atoms with Crippen molar-refractivity contribution in [1.82, 2.24) is 4.98 Å². The Balaban J connectivity index is 1.60. The van der Waals surface area contributed by atoms with E-state index >= 15 is 0 Å². The number of hydrogen-bond donors (Lipinski definition) is 1. The first-order valence-corrected chi connectivity index (χ1v) is 12.2. The van der Waals surface area contributed by atoms with E-state index in [0.717, 1.165) is 0 Å².